The van der Waals surface area contributed by atoms with Crippen molar-refractivity contribution in [3.05, 3.63) is 53.6 Å². The van der Waals surface area contributed by atoms with Gasteiger partial charge in [-0.25, -0.2) is 0 Å². The second-order valence-corrected chi connectivity index (χ2v) is 7.27. The molecule has 2 amide bonds. The van der Waals surface area contributed by atoms with Crippen LogP contribution < -0.4 is 15.1 Å². The number of amides is 2. The summed E-state index contributed by atoms with van der Waals surface area (Å²) in [4.78, 5) is 29.1. The highest BCUT2D eigenvalue weighted by atomic mass is 16.2. The molecule has 1 aliphatic heterocycles. The van der Waals surface area contributed by atoms with Gasteiger partial charge in [-0.05, 0) is 48.7 Å². The van der Waals surface area contributed by atoms with Gasteiger partial charge in [-0.15, -0.1) is 0 Å². The van der Waals surface area contributed by atoms with Gasteiger partial charge in [0.15, 0.2) is 0 Å². The number of benzene rings is 2. The summed E-state index contributed by atoms with van der Waals surface area (Å²) in [6.45, 7) is 4.53. The molecule has 1 aliphatic rings. The largest absolute Gasteiger partial charge is 0.378 e. The number of hydrogen-bond donors (Lipinski definition) is 1. The van der Waals surface area contributed by atoms with E-state index in [2.05, 4.69) is 18.3 Å². The molecule has 142 valence electrons. The number of aryl methyl sites for hydroxylation is 2. The summed E-state index contributed by atoms with van der Waals surface area (Å²) in [5, 5.41) is 2.95. The van der Waals surface area contributed by atoms with Crippen molar-refractivity contribution in [1.29, 1.82) is 0 Å². The van der Waals surface area contributed by atoms with Crippen LogP contribution in [-0.4, -0.2) is 32.5 Å². The predicted octanol–water partition coefficient (Wildman–Crippen LogP) is 3.62. The molecule has 0 bridgehead atoms. The van der Waals surface area contributed by atoms with Crippen molar-refractivity contribution >= 4 is 28.9 Å². The Morgan fingerprint density at radius 1 is 1.19 bits per heavy atom. The lowest BCUT2D eigenvalue weighted by molar-refractivity contribution is -0.122. The van der Waals surface area contributed by atoms with Crippen molar-refractivity contribution in [2.45, 2.75) is 26.7 Å². The number of carbonyl (C=O) groups is 2. The van der Waals surface area contributed by atoms with Crippen LogP contribution in [0.15, 0.2) is 42.5 Å². The van der Waals surface area contributed by atoms with E-state index in [0.717, 1.165) is 34.6 Å². The first kappa shape index (κ1) is 19.0. The minimum absolute atomic E-state index is 0.0158. The van der Waals surface area contributed by atoms with Crippen LogP contribution in [0.5, 0.6) is 0 Å². The molecule has 0 aliphatic carbocycles. The zero-order valence-electron chi connectivity index (χ0n) is 16.5. The summed E-state index contributed by atoms with van der Waals surface area (Å²) in [6.07, 6.45) is 1.11. The topological polar surface area (TPSA) is 52.7 Å². The van der Waals surface area contributed by atoms with Gasteiger partial charge in [-0.2, -0.15) is 0 Å². The van der Waals surface area contributed by atoms with E-state index in [1.807, 2.05) is 62.3 Å². The Balaban J connectivity index is 1.73. The number of nitrogens with zero attached hydrogens (tertiary/aromatic N) is 2. The summed E-state index contributed by atoms with van der Waals surface area (Å²) >= 11 is 0. The Bertz CT molecular complexity index is 843. The summed E-state index contributed by atoms with van der Waals surface area (Å²) < 4.78 is 0. The van der Waals surface area contributed by atoms with Crippen LogP contribution in [0, 0.1) is 12.8 Å². The lowest BCUT2D eigenvalue weighted by Crippen LogP contribution is -2.29. The molecule has 1 unspecified atom stereocenters. The van der Waals surface area contributed by atoms with Gasteiger partial charge in [-0.1, -0.05) is 25.1 Å². The molecule has 0 aromatic heterocycles. The van der Waals surface area contributed by atoms with E-state index >= 15 is 0 Å². The molecule has 2 aromatic rings. The Hall–Kier alpha value is -2.82. The molecular formula is C22H27N3O2. The van der Waals surface area contributed by atoms with Gasteiger partial charge in [0, 0.05) is 44.1 Å². The molecule has 1 fully saturated rings. The van der Waals surface area contributed by atoms with E-state index < -0.39 is 0 Å². The van der Waals surface area contributed by atoms with Gasteiger partial charge in [0.1, 0.15) is 0 Å². The predicted molar refractivity (Wildman–Crippen MR) is 110 cm³/mol. The number of rotatable bonds is 5. The minimum Gasteiger partial charge on any atom is -0.378 e. The molecule has 1 N–H and O–H groups in total. The molecule has 3 rings (SSSR count). The average Bonchev–Trinajstić information content (AvgIpc) is 3.03. The molecule has 2 aromatic carbocycles. The summed E-state index contributed by atoms with van der Waals surface area (Å²) in [5.74, 6) is -0.424. The fourth-order valence-electron chi connectivity index (χ4n) is 3.58. The molecule has 0 saturated carbocycles. The maximum atomic E-state index is 12.7. The number of carbonyl (C=O) groups excluding carboxylic acids is 2. The summed E-state index contributed by atoms with van der Waals surface area (Å²) in [7, 11) is 3.95. The molecule has 0 spiro atoms. The van der Waals surface area contributed by atoms with Crippen LogP contribution in [-0.2, 0) is 16.0 Å². The molecule has 27 heavy (non-hydrogen) atoms. The van der Waals surface area contributed by atoms with E-state index in [9.17, 15) is 9.59 Å². The fourth-order valence-corrected chi connectivity index (χ4v) is 3.58. The maximum absolute atomic E-state index is 12.7. The standard InChI is InChI=1S/C22H27N3O2/c1-5-16-8-6-7-15(2)21(16)25-14-17(13-20(25)26)22(27)23-18-9-11-19(12-10-18)24(3)4/h6-12,17H,5,13-14H2,1-4H3,(H,23,27). The zero-order chi connectivity index (χ0) is 19.6. The molecule has 1 atom stereocenters. The van der Waals surface area contributed by atoms with Crippen LogP contribution in [0.2, 0.25) is 0 Å². The van der Waals surface area contributed by atoms with Crippen LogP contribution in [0.25, 0.3) is 0 Å². The Morgan fingerprint density at radius 3 is 2.52 bits per heavy atom. The van der Waals surface area contributed by atoms with Gasteiger partial charge in [-0.3, -0.25) is 9.59 Å². The second kappa shape index (κ2) is 7.82. The second-order valence-electron chi connectivity index (χ2n) is 7.27. The van der Waals surface area contributed by atoms with Crippen molar-refractivity contribution in [3.8, 4) is 0 Å². The SMILES string of the molecule is CCc1cccc(C)c1N1CC(C(=O)Nc2ccc(N(C)C)cc2)CC1=O. The van der Waals surface area contributed by atoms with E-state index in [1.165, 1.54) is 0 Å². The highest BCUT2D eigenvalue weighted by Crippen LogP contribution is 2.32. The smallest absolute Gasteiger partial charge is 0.229 e. The monoisotopic (exact) mass is 365 g/mol. The third-order valence-electron chi connectivity index (χ3n) is 5.12. The van der Waals surface area contributed by atoms with Gasteiger partial charge in [0.05, 0.1) is 5.92 Å². The number of hydrogen-bond acceptors (Lipinski definition) is 3. The molecule has 1 saturated heterocycles. The highest BCUT2D eigenvalue weighted by Gasteiger charge is 2.36. The fraction of sp³-hybridized carbons (Fsp3) is 0.364. The van der Waals surface area contributed by atoms with Crippen molar-refractivity contribution in [2.24, 2.45) is 5.92 Å². The van der Waals surface area contributed by atoms with Crippen LogP contribution in [0.4, 0.5) is 17.1 Å². The van der Waals surface area contributed by atoms with Crippen LogP contribution in [0.3, 0.4) is 0 Å². The number of anilines is 3. The first-order valence-corrected chi connectivity index (χ1v) is 9.37. The first-order valence-electron chi connectivity index (χ1n) is 9.37. The highest BCUT2D eigenvalue weighted by molar-refractivity contribution is 6.04. The molecule has 1 heterocycles. The lowest BCUT2D eigenvalue weighted by Gasteiger charge is -2.22. The van der Waals surface area contributed by atoms with E-state index in [4.69, 9.17) is 0 Å². The Morgan fingerprint density at radius 2 is 1.89 bits per heavy atom. The quantitative estimate of drug-likeness (QED) is 0.881. The minimum atomic E-state index is -0.338. The van der Waals surface area contributed by atoms with E-state index in [1.54, 1.807) is 4.90 Å². The van der Waals surface area contributed by atoms with E-state index in [-0.39, 0.29) is 24.2 Å². The average molecular weight is 365 g/mol. The summed E-state index contributed by atoms with van der Waals surface area (Å²) in [5.41, 5.74) is 5.01. The summed E-state index contributed by atoms with van der Waals surface area (Å²) in [6, 6.07) is 13.8. The Kier molecular flexibility index (Phi) is 5.49. The molecule has 0 radical (unpaired) electrons. The van der Waals surface area contributed by atoms with Crippen molar-refractivity contribution in [3.63, 3.8) is 0 Å². The zero-order valence-corrected chi connectivity index (χ0v) is 16.5. The van der Waals surface area contributed by atoms with Gasteiger partial charge in [0.2, 0.25) is 11.8 Å². The molecule has 5 nitrogen and oxygen atoms in total. The number of nitrogens with one attached hydrogen (secondary N) is 1. The van der Waals surface area contributed by atoms with Crippen molar-refractivity contribution < 1.29 is 9.59 Å². The third-order valence-corrected chi connectivity index (χ3v) is 5.12. The van der Waals surface area contributed by atoms with Crippen molar-refractivity contribution in [2.75, 3.05) is 35.8 Å². The lowest BCUT2D eigenvalue weighted by atomic mass is 10.0. The molecular weight excluding hydrogens is 338 g/mol. The van der Waals surface area contributed by atoms with Crippen LogP contribution >= 0.6 is 0 Å². The van der Waals surface area contributed by atoms with Gasteiger partial charge in [0.25, 0.3) is 0 Å². The maximum Gasteiger partial charge on any atom is 0.229 e. The van der Waals surface area contributed by atoms with Crippen LogP contribution in [0.1, 0.15) is 24.5 Å². The van der Waals surface area contributed by atoms with Gasteiger partial charge >= 0.3 is 0 Å². The number of para-hydroxylation sites is 1. The van der Waals surface area contributed by atoms with Crippen molar-refractivity contribution in [1.82, 2.24) is 0 Å². The van der Waals surface area contributed by atoms with E-state index in [0.29, 0.717) is 6.54 Å². The Labute approximate surface area is 161 Å². The first-order chi connectivity index (χ1) is 12.9. The normalized spacial score (nSPS) is 16.5. The molecule has 5 heteroatoms. The third kappa shape index (κ3) is 3.97. The van der Waals surface area contributed by atoms with Gasteiger partial charge < -0.3 is 15.1 Å².